The van der Waals surface area contributed by atoms with E-state index in [1.54, 1.807) is 6.07 Å². The van der Waals surface area contributed by atoms with Crippen molar-refractivity contribution in [3.05, 3.63) is 58.6 Å². The average molecular weight is 296 g/mol. The molecule has 0 aliphatic heterocycles. The third-order valence-corrected chi connectivity index (χ3v) is 2.96. The summed E-state index contributed by atoms with van der Waals surface area (Å²) in [6.45, 7) is 1.48. The predicted octanol–water partition coefficient (Wildman–Crippen LogP) is 4.87. The van der Waals surface area contributed by atoms with Gasteiger partial charge >= 0.3 is 0 Å². The van der Waals surface area contributed by atoms with E-state index in [0.717, 1.165) is 24.4 Å². The lowest BCUT2D eigenvalue weighted by molar-refractivity contribution is 0.315. The predicted molar refractivity (Wildman–Crippen MR) is 81.5 cm³/mol. The highest BCUT2D eigenvalue weighted by Crippen LogP contribution is 2.22. The number of para-hydroxylation sites is 1. The molecule has 0 spiro atoms. The van der Waals surface area contributed by atoms with Crippen LogP contribution in [0, 0.1) is 0 Å². The highest BCUT2D eigenvalue weighted by molar-refractivity contribution is 6.35. The number of hydrogen-bond donors (Lipinski definition) is 1. The van der Waals surface area contributed by atoms with Gasteiger partial charge in [0.05, 0.1) is 6.61 Å². The summed E-state index contributed by atoms with van der Waals surface area (Å²) in [5.41, 5.74) is 0.928. The average Bonchev–Trinajstić information content (AvgIpc) is 2.38. The van der Waals surface area contributed by atoms with Gasteiger partial charge in [0.2, 0.25) is 0 Å². The van der Waals surface area contributed by atoms with Crippen molar-refractivity contribution in [2.75, 3.05) is 18.5 Å². The Morgan fingerprint density at radius 2 is 1.63 bits per heavy atom. The van der Waals surface area contributed by atoms with Crippen LogP contribution in [0.4, 0.5) is 5.69 Å². The molecule has 0 heterocycles. The normalized spacial score (nSPS) is 10.2. The molecule has 0 aliphatic carbocycles. The SMILES string of the molecule is Clc1cc(Cl)cc(NCCCOc2ccccc2)c1. The zero-order chi connectivity index (χ0) is 13.5. The molecule has 0 fully saturated rings. The first-order valence-corrected chi connectivity index (χ1v) is 6.87. The Balaban J connectivity index is 1.69. The van der Waals surface area contributed by atoms with Crippen molar-refractivity contribution in [3.63, 3.8) is 0 Å². The molecule has 1 N–H and O–H groups in total. The van der Waals surface area contributed by atoms with Crippen molar-refractivity contribution in [1.29, 1.82) is 0 Å². The van der Waals surface area contributed by atoms with Crippen LogP contribution in [0.5, 0.6) is 5.75 Å². The van der Waals surface area contributed by atoms with Crippen LogP contribution in [0.25, 0.3) is 0 Å². The summed E-state index contributed by atoms with van der Waals surface area (Å²) in [6.07, 6.45) is 0.902. The van der Waals surface area contributed by atoms with Crippen LogP contribution >= 0.6 is 23.2 Å². The number of nitrogens with one attached hydrogen (secondary N) is 1. The molecular formula is C15H15Cl2NO. The topological polar surface area (TPSA) is 21.3 Å². The lowest BCUT2D eigenvalue weighted by Crippen LogP contribution is -2.07. The van der Waals surface area contributed by atoms with Crippen molar-refractivity contribution in [1.82, 2.24) is 0 Å². The summed E-state index contributed by atoms with van der Waals surface area (Å²) in [7, 11) is 0. The molecule has 0 radical (unpaired) electrons. The van der Waals surface area contributed by atoms with Gasteiger partial charge < -0.3 is 10.1 Å². The van der Waals surface area contributed by atoms with E-state index < -0.39 is 0 Å². The second-order valence-corrected chi connectivity index (χ2v) is 4.97. The van der Waals surface area contributed by atoms with E-state index in [1.807, 2.05) is 42.5 Å². The maximum Gasteiger partial charge on any atom is 0.119 e. The molecule has 0 unspecified atom stereocenters. The minimum atomic E-state index is 0.635. The Labute approximate surface area is 123 Å². The molecule has 0 aliphatic rings. The number of halogens is 2. The number of benzene rings is 2. The van der Waals surface area contributed by atoms with E-state index in [9.17, 15) is 0 Å². The standard InChI is InChI=1S/C15H15Cl2NO/c16-12-9-13(17)11-14(10-12)18-7-4-8-19-15-5-2-1-3-6-15/h1-3,5-6,9-11,18H,4,7-8H2. The molecule has 4 heteroatoms. The minimum Gasteiger partial charge on any atom is -0.494 e. The molecule has 2 aromatic rings. The smallest absolute Gasteiger partial charge is 0.119 e. The third-order valence-electron chi connectivity index (χ3n) is 2.52. The monoisotopic (exact) mass is 295 g/mol. The summed E-state index contributed by atoms with van der Waals surface area (Å²) in [6, 6.07) is 15.2. The van der Waals surface area contributed by atoms with Crippen molar-refractivity contribution in [3.8, 4) is 5.75 Å². The third kappa shape index (κ3) is 5.01. The second-order valence-electron chi connectivity index (χ2n) is 4.10. The Hall–Kier alpha value is -1.38. The van der Waals surface area contributed by atoms with Crippen molar-refractivity contribution in [2.45, 2.75) is 6.42 Å². The van der Waals surface area contributed by atoms with Crippen LogP contribution in [0.15, 0.2) is 48.5 Å². The largest absolute Gasteiger partial charge is 0.494 e. The Kier molecular flexibility index (Phi) is 5.37. The Bertz CT molecular complexity index is 497. The van der Waals surface area contributed by atoms with Gasteiger partial charge in [-0.15, -0.1) is 0 Å². The van der Waals surface area contributed by atoms with Crippen LogP contribution < -0.4 is 10.1 Å². The van der Waals surface area contributed by atoms with E-state index in [0.29, 0.717) is 16.7 Å². The highest BCUT2D eigenvalue weighted by Gasteiger charge is 1.98. The van der Waals surface area contributed by atoms with Crippen molar-refractivity contribution >= 4 is 28.9 Å². The highest BCUT2D eigenvalue weighted by atomic mass is 35.5. The molecule has 19 heavy (non-hydrogen) atoms. The lowest BCUT2D eigenvalue weighted by Gasteiger charge is -2.08. The van der Waals surface area contributed by atoms with Crippen molar-refractivity contribution in [2.24, 2.45) is 0 Å². The van der Waals surface area contributed by atoms with Gasteiger partial charge in [0, 0.05) is 22.3 Å². The van der Waals surface area contributed by atoms with Gasteiger partial charge in [-0.05, 0) is 36.8 Å². The number of ether oxygens (including phenoxy) is 1. The van der Waals surface area contributed by atoms with Crippen LogP contribution in [-0.4, -0.2) is 13.2 Å². The zero-order valence-electron chi connectivity index (χ0n) is 10.4. The molecule has 0 atom stereocenters. The van der Waals surface area contributed by atoms with E-state index >= 15 is 0 Å². The zero-order valence-corrected chi connectivity index (χ0v) is 11.9. The first-order valence-electron chi connectivity index (χ1n) is 6.12. The van der Waals surface area contributed by atoms with E-state index in [4.69, 9.17) is 27.9 Å². The van der Waals surface area contributed by atoms with Gasteiger partial charge in [-0.3, -0.25) is 0 Å². The fraction of sp³-hybridized carbons (Fsp3) is 0.200. The fourth-order valence-corrected chi connectivity index (χ4v) is 2.19. The van der Waals surface area contributed by atoms with E-state index in [2.05, 4.69) is 5.32 Å². The summed E-state index contributed by atoms with van der Waals surface area (Å²) >= 11 is 11.8. The molecule has 0 saturated heterocycles. The number of anilines is 1. The summed E-state index contributed by atoms with van der Waals surface area (Å²) in [4.78, 5) is 0. The first kappa shape index (κ1) is 14.0. The van der Waals surface area contributed by atoms with E-state index in [1.165, 1.54) is 0 Å². The number of rotatable bonds is 6. The van der Waals surface area contributed by atoms with Crippen molar-refractivity contribution < 1.29 is 4.74 Å². The molecule has 0 aromatic heterocycles. The lowest BCUT2D eigenvalue weighted by atomic mass is 10.3. The van der Waals surface area contributed by atoms with Crippen LogP contribution in [0.2, 0.25) is 10.0 Å². The second kappa shape index (κ2) is 7.27. The summed E-state index contributed by atoms with van der Waals surface area (Å²) in [5.74, 6) is 0.897. The van der Waals surface area contributed by atoms with Crippen LogP contribution in [0.3, 0.4) is 0 Å². The van der Waals surface area contributed by atoms with Gasteiger partial charge in [-0.2, -0.15) is 0 Å². The maximum atomic E-state index is 5.92. The molecule has 2 aromatic carbocycles. The molecule has 2 nitrogen and oxygen atoms in total. The maximum absolute atomic E-state index is 5.92. The van der Waals surface area contributed by atoms with Gasteiger partial charge in [0.15, 0.2) is 0 Å². The molecule has 0 amide bonds. The molecule has 100 valence electrons. The number of hydrogen-bond acceptors (Lipinski definition) is 2. The minimum absolute atomic E-state index is 0.635. The van der Waals surface area contributed by atoms with Gasteiger partial charge in [-0.25, -0.2) is 0 Å². The van der Waals surface area contributed by atoms with Crippen LogP contribution in [0.1, 0.15) is 6.42 Å². The fourth-order valence-electron chi connectivity index (χ4n) is 1.67. The van der Waals surface area contributed by atoms with Crippen LogP contribution in [-0.2, 0) is 0 Å². The van der Waals surface area contributed by atoms with E-state index in [-0.39, 0.29) is 0 Å². The Morgan fingerprint density at radius 3 is 2.32 bits per heavy atom. The summed E-state index contributed by atoms with van der Waals surface area (Å²) in [5, 5.41) is 4.53. The Morgan fingerprint density at radius 1 is 0.947 bits per heavy atom. The molecule has 0 bridgehead atoms. The molecule has 2 rings (SSSR count). The van der Waals surface area contributed by atoms with Gasteiger partial charge in [-0.1, -0.05) is 41.4 Å². The quantitative estimate of drug-likeness (QED) is 0.767. The van der Waals surface area contributed by atoms with Gasteiger partial charge in [0.25, 0.3) is 0 Å². The molecule has 0 saturated carbocycles. The van der Waals surface area contributed by atoms with Gasteiger partial charge in [0.1, 0.15) is 5.75 Å². The molecular weight excluding hydrogens is 281 g/mol. The summed E-state index contributed by atoms with van der Waals surface area (Å²) < 4.78 is 5.60. The first-order chi connectivity index (χ1) is 9.24.